The number of fused-ring (bicyclic) bond motifs is 1. The van der Waals surface area contributed by atoms with Crippen molar-refractivity contribution in [3.05, 3.63) is 41.6 Å². The largest absolute Gasteiger partial charge is 0.491 e. The third kappa shape index (κ3) is 3.22. The van der Waals surface area contributed by atoms with Crippen LogP contribution in [0.3, 0.4) is 0 Å². The summed E-state index contributed by atoms with van der Waals surface area (Å²) in [6, 6.07) is 5.54. The molecule has 1 aromatic carbocycles. The van der Waals surface area contributed by atoms with Crippen molar-refractivity contribution in [2.75, 3.05) is 18.5 Å². The minimum absolute atomic E-state index is 0.0553. The van der Waals surface area contributed by atoms with Crippen molar-refractivity contribution in [1.82, 2.24) is 9.88 Å². The van der Waals surface area contributed by atoms with Crippen molar-refractivity contribution in [3.63, 3.8) is 0 Å². The fourth-order valence-corrected chi connectivity index (χ4v) is 2.89. The van der Waals surface area contributed by atoms with Crippen molar-refractivity contribution in [3.8, 4) is 5.75 Å². The van der Waals surface area contributed by atoms with Crippen LogP contribution in [0.25, 0.3) is 0 Å². The normalized spacial score (nSPS) is 16.6. The van der Waals surface area contributed by atoms with E-state index in [1.165, 1.54) is 6.39 Å². The zero-order valence-electron chi connectivity index (χ0n) is 13.9. The molecule has 1 aliphatic carbocycles. The molecule has 130 valence electrons. The fraction of sp³-hybridized carbons (Fsp3) is 0.389. The van der Waals surface area contributed by atoms with Crippen molar-refractivity contribution in [1.29, 1.82) is 0 Å². The van der Waals surface area contributed by atoms with Crippen LogP contribution in [-0.2, 0) is 11.3 Å². The van der Waals surface area contributed by atoms with Crippen LogP contribution in [0.5, 0.6) is 5.75 Å². The lowest BCUT2D eigenvalue weighted by atomic mass is 10.1. The number of oxazole rings is 1. The second-order valence-electron chi connectivity index (χ2n) is 6.43. The van der Waals surface area contributed by atoms with Crippen LogP contribution in [0.2, 0.25) is 0 Å². The molecule has 0 bridgehead atoms. The van der Waals surface area contributed by atoms with Crippen LogP contribution in [0.15, 0.2) is 29.0 Å². The van der Waals surface area contributed by atoms with Gasteiger partial charge in [-0.1, -0.05) is 0 Å². The Labute approximate surface area is 145 Å². The summed E-state index contributed by atoms with van der Waals surface area (Å²) >= 11 is 0. The Kier molecular flexibility index (Phi) is 3.91. The molecular weight excluding hydrogens is 322 g/mol. The van der Waals surface area contributed by atoms with E-state index < -0.39 is 0 Å². The molecule has 0 spiro atoms. The van der Waals surface area contributed by atoms with Gasteiger partial charge < -0.3 is 19.4 Å². The molecule has 2 heterocycles. The Morgan fingerprint density at radius 1 is 1.32 bits per heavy atom. The standard InChI is InChI=1S/C18H19N3O4/c1-11-16(25-10-19-11)18(23)21-6-7-24-15-5-4-14(8-13(15)9-21)20-17(22)12-2-3-12/h4-5,8,10,12H,2-3,6-7,9H2,1H3,(H,20,22). The molecule has 1 saturated carbocycles. The number of carbonyl (C=O) groups is 2. The van der Waals surface area contributed by atoms with Gasteiger partial charge in [0.15, 0.2) is 6.39 Å². The number of rotatable bonds is 3. The van der Waals surface area contributed by atoms with E-state index in [-0.39, 0.29) is 23.5 Å². The molecule has 25 heavy (non-hydrogen) atoms. The maximum absolute atomic E-state index is 12.7. The number of amides is 2. The Hall–Kier alpha value is -2.83. The molecule has 0 atom stereocenters. The van der Waals surface area contributed by atoms with E-state index in [0.717, 1.165) is 29.8 Å². The number of ether oxygens (including phenoxy) is 1. The van der Waals surface area contributed by atoms with Crippen LogP contribution in [0, 0.1) is 12.8 Å². The second kappa shape index (κ2) is 6.23. The minimum Gasteiger partial charge on any atom is -0.491 e. The first-order chi connectivity index (χ1) is 12.1. The van der Waals surface area contributed by atoms with Gasteiger partial charge >= 0.3 is 0 Å². The Morgan fingerprint density at radius 3 is 2.88 bits per heavy atom. The number of aromatic nitrogens is 1. The van der Waals surface area contributed by atoms with Gasteiger partial charge in [-0.25, -0.2) is 4.98 Å². The summed E-state index contributed by atoms with van der Waals surface area (Å²) in [5.41, 5.74) is 2.15. The number of hydrogen-bond donors (Lipinski definition) is 1. The van der Waals surface area contributed by atoms with Crippen LogP contribution < -0.4 is 10.1 Å². The molecule has 0 unspecified atom stereocenters. The van der Waals surface area contributed by atoms with Crippen molar-refractivity contribution >= 4 is 17.5 Å². The number of aryl methyl sites for hydroxylation is 1. The molecule has 1 aromatic heterocycles. The highest BCUT2D eigenvalue weighted by molar-refractivity contribution is 5.94. The van der Waals surface area contributed by atoms with Gasteiger partial charge in [-0.05, 0) is 38.0 Å². The SMILES string of the molecule is Cc1ncoc1C(=O)N1CCOc2ccc(NC(=O)C3CC3)cc2C1. The number of anilines is 1. The second-order valence-corrected chi connectivity index (χ2v) is 6.43. The molecule has 7 heteroatoms. The first-order valence-electron chi connectivity index (χ1n) is 8.38. The first kappa shape index (κ1) is 15.7. The van der Waals surface area contributed by atoms with Gasteiger partial charge in [-0.2, -0.15) is 0 Å². The summed E-state index contributed by atoms with van der Waals surface area (Å²) < 4.78 is 11.0. The molecule has 7 nitrogen and oxygen atoms in total. The maximum Gasteiger partial charge on any atom is 0.291 e. The molecule has 4 rings (SSSR count). The van der Waals surface area contributed by atoms with E-state index >= 15 is 0 Å². The molecular formula is C18H19N3O4. The maximum atomic E-state index is 12.7. The zero-order valence-corrected chi connectivity index (χ0v) is 13.9. The summed E-state index contributed by atoms with van der Waals surface area (Å²) in [7, 11) is 0. The highest BCUT2D eigenvalue weighted by Crippen LogP contribution is 2.32. The Morgan fingerprint density at radius 2 is 2.16 bits per heavy atom. The molecule has 1 N–H and O–H groups in total. The summed E-state index contributed by atoms with van der Waals surface area (Å²) in [6.45, 7) is 2.99. The van der Waals surface area contributed by atoms with Crippen molar-refractivity contribution in [2.45, 2.75) is 26.3 Å². The predicted octanol–water partition coefficient (Wildman–Crippen LogP) is 2.37. The number of hydrogen-bond acceptors (Lipinski definition) is 5. The van der Waals surface area contributed by atoms with Gasteiger partial charge in [-0.3, -0.25) is 9.59 Å². The van der Waals surface area contributed by atoms with Crippen LogP contribution in [0.1, 0.15) is 34.7 Å². The molecule has 1 aliphatic heterocycles. The molecule has 2 aromatic rings. The predicted molar refractivity (Wildman–Crippen MR) is 89.3 cm³/mol. The lowest BCUT2D eigenvalue weighted by Gasteiger charge is -2.18. The number of nitrogens with zero attached hydrogens (tertiary/aromatic N) is 2. The van der Waals surface area contributed by atoms with E-state index in [9.17, 15) is 9.59 Å². The number of nitrogens with one attached hydrogen (secondary N) is 1. The average molecular weight is 341 g/mol. The monoisotopic (exact) mass is 341 g/mol. The third-order valence-corrected chi connectivity index (χ3v) is 4.48. The molecule has 2 aliphatic rings. The van der Waals surface area contributed by atoms with Gasteiger partial charge in [0, 0.05) is 23.7 Å². The highest BCUT2D eigenvalue weighted by atomic mass is 16.5. The van der Waals surface area contributed by atoms with Gasteiger partial charge in [0.25, 0.3) is 5.91 Å². The Balaban J connectivity index is 1.55. The van der Waals surface area contributed by atoms with E-state index in [2.05, 4.69) is 10.3 Å². The lowest BCUT2D eigenvalue weighted by Crippen LogP contribution is -2.32. The number of benzene rings is 1. The molecule has 0 saturated heterocycles. The molecule has 2 amide bonds. The van der Waals surface area contributed by atoms with Gasteiger partial charge in [0.2, 0.25) is 11.7 Å². The third-order valence-electron chi connectivity index (χ3n) is 4.48. The Bertz CT molecular complexity index is 825. The average Bonchev–Trinajstić information content (AvgIpc) is 3.39. The molecule has 0 radical (unpaired) electrons. The van der Waals surface area contributed by atoms with Crippen LogP contribution >= 0.6 is 0 Å². The van der Waals surface area contributed by atoms with E-state index in [1.54, 1.807) is 11.8 Å². The fourth-order valence-electron chi connectivity index (χ4n) is 2.89. The zero-order chi connectivity index (χ0) is 17.4. The van der Waals surface area contributed by atoms with E-state index in [4.69, 9.17) is 9.15 Å². The highest BCUT2D eigenvalue weighted by Gasteiger charge is 2.30. The quantitative estimate of drug-likeness (QED) is 0.926. The number of carbonyl (C=O) groups excluding carboxylic acids is 2. The summed E-state index contributed by atoms with van der Waals surface area (Å²) in [6.07, 6.45) is 3.19. The summed E-state index contributed by atoms with van der Waals surface area (Å²) in [4.78, 5) is 30.3. The van der Waals surface area contributed by atoms with Crippen molar-refractivity contribution < 1.29 is 18.7 Å². The minimum atomic E-state index is -0.209. The summed E-state index contributed by atoms with van der Waals surface area (Å²) in [5.74, 6) is 0.969. The molecule has 1 fully saturated rings. The van der Waals surface area contributed by atoms with Gasteiger partial charge in [0.1, 0.15) is 12.4 Å². The van der Waals surface area contributed by atoms with Gasteiger partial charge in [0.05, 0.1) is 12.2 Å². The van der Waals surface area contributed by atoms with Crippen LogP contribution in [0.4, 0.5) is 5.69 Å². The van der Waals surface area contributed by atoms with Gasteiger partial charge in [-0.15, -0.1) is 0 Å². The van der Waals surface area contributed by atoms with E-state index in [1.807, 2.05) is 18.2 Å². The van der Waals surface area contributed by atoms with E-state index in [0.29, 0.717) is 25.4 Å². The smallest absolute Gasteiger partial charge is 0.291 e. The van der Waals surface area contributed by atoms with Crippen LogP contribution in [-0.4, -0.2) is 34.8 Å². The van der Waals surface area contributed by atoms with Crippen molar-refractivity contribution in [2.24, 2.45) is 5.92 Å². The topological polar surface area (TPSA) is 84.7 Å². The summed E-state index contributed by atoms with van der Waals surface area (Å²) in [5, 5.41) is 2.93. The lowest BCUT2D eigenvalue weighted by molar-refractivity contribution is -0.117. The first-order valence-corrected chi connectivity index (χ1v) is 8.38.